The molecule has 21 heavy (non-hydrogen) atoms. The van der Waals surface area contributed by atoms with Crippen molar-refractivity contribution in [2.75, 3.05) is 5.73 Å². The van der Waals surface area contributed by atoms with Gasteiger partial charge in [-0.25, -0.2) is 8.42 Å². The van der Waals surface area contributed by atoms with E-state index in [4.69, 9.17) is 5.73 Å². The molecule has 0 fully saturated rings. The minimum absolute atomic E-state index is 0.00917. The molecule has 0 heterocycles. The third-order valence-corrected chi connectivity index (χ3v) is 5.62. The fourth-order valence-electron chi connectivity index (χ4n) is 2.67. The lowest BCUT2D eigenvalue weighted by Gasteiger charge is -2.14. The molecule has 3 nitrogen and oxygen atoms in total. The van der Waals surface area contributed by atoms with Gasteiger partial charge in [0.25, 0.3) is 0 Å². The largest absolute Gasteiger partial charge is 0.398 e. The molecule has 2 aromatic rings. The van der Waals surface area contributed by atoms with Crippen LogP contribution in [0.5, 0.6) is 0 Å². The van der Waals surface area contributed by atoms with Crippen LogP contribution in [0.25, 0.3) is 0 Å². The average Bonchev–Trinajstić information content (AvgIpc) is 2.37. The number of sulfone groups is 1. The molecule has 0 saturated heterocycles. The molecule has 0 aliphatic carbocycles. The Labute approximate surface area is 126 Å². The van der Waals surface area contributed by atoms with Gasteiger partial charge in [0, 0.05) is 5.69 Å². The SMILES string of the molecule is Cc1cc(C)c(CS(=O)(=O)c2cccc(N)c2C)c(C)c1. The zero-order valence-corrected chi connectivity index (χ0v) is 13.7. The Morgan fingerprint density at radius 1 is 1.00 bits per heavy atom. The van der Waals surface area contributed by atoms with Crippen molar-refractivity contribution in [1.29, 1.82) is 0 Å². The number of hydrogen-bond donors (Lipinski definition) is 1. The predicted molar refractivity (Wildman–Crippen MR) is 87.1 cm³/mol. The highest BCUT2D eigenvalue weighted by Crippen LogP contribution is 2.26. The maximum absolute atomic E-state index is 12.7. The minimum atomic E-state index is -3.40. The Hall–Kier alpha value is -1.81. The number of aryl methyl sites for hydroxylation is 3. The molecule has 0 spiro atoms. The summed E-state index contributed by atoms with van der Waals surface area (Å²) < 4.78 is 25.4. The number of hydrogen-bond acceptors (Lipinski definition) is 3. The molecule has 112 valence electrons. The summed E-state index contributed by atoms with van der Waals surface area (Å²) in [5.41, 5.74) is 11.0. The van der Waals surface area contributed by atoms with Crippen molar-refractivity contribution in [2.45, 2.75) is 38.3 Å². The summed E-state index contributed by atoms with van der Waals surface area (Å²) in [5, 5.41) is 0. The molecule has 0 saturated carbocycles. The lowest BCUT2D eigenvalue weighted by Crippen LogP contribution is -2.10. The fraction of sp³-hybridized carbons (Fsp3) is 0.294. The van der Waals surface area contributed by atoms with E-state index >= 15 is 0 Å². The van der Waals surface area contributed by atoms with Crippen molar-refractivity contribution in [3.05, 3.63) is 58.1 Å². The molecule has 2 rings (SSSR count). The number of benzene rings is 2. The van der Waals surface area contributed by atoms with Gasteiger partial charge in [-0.3, -0.25) is 0 Å². The van der Waals surface area contributed by atoms with Crippen LogP contribution in [-0.4, -0.2) is 8.42 Å². The highest BCUT2D eigenvalue weighted by Gasteiger charge is 2.20. The second-order valence-corrected chi connectivity index (χ2v) is 7.56. The van der Waals surface area contributed by atoms with Crippen LogP contribution in [-0.2, 0) is 15.6 Å². The molecule has 2 N–H and O–H groups in total. The zero-order valence-electron chi connectivity index (χ0n) is 12.9. The van der Waals surface area contributed by atoms with Gasteiger partial charge in [-0.15, -0.1) is 0 Å². The van der Waals surface area contributed by atoms with Crippen LogP contribution in [0.2, 0.25) is 0 Å². The van der Waals surface area contributed by atoms with E-state index < -0.39 is 9.84 Å². The maximum Gasteiger partial charge on any atom is 0.182 e. The van der Waals surface area contributed by atoms with E-state index in [9.17, 15) is 8.42 Å². The van der Waals surface area contributed by atoms with Crippen molar-refractivity contribution in [2.24, 2.45) is 0 Å². The van der Waals surface area contributed by atoms with Crippen molar-refractivity contribution in [3.8, 4) is 0 Å². The third kappa shape index (κ3) is 3.10. The molecule has 0 aliphatic rings. The second-order valence-electron chi connectivity index (χ2n) is 5.61. The summed E-state index contributed by atoms with van der Waals surface area (Å²) in [7, 11) is -3.40. The van der Waals surface area contributed by atoms with Gasteiger partial charge in [0.15, 0.2) is 9.84 Å². The number of nitrogen functional groups attached to an aromatic ring is 1. The van der Waals surface area contributed by atoms with Gasteiger partial charge in [-0.05, 0) is 62.1 Å². The van der Waals surface area contributed by atoms with Gasteiger partial charge >= 0.3 is 0 Å². The van der Waals surface area contributed by atoms with Crippen LogP contribution in [0.1, 0.15) is 27.8 Å². The Morgan fingerprint density at radius 3 is 2.14 bits per heavy atom. The Kier molecular flexibility index (Phi) is 4.10. The Morgan fingerprint density at radius 2 is 1.57 bits per heavy atom. The summed E-state index contributed by atoms with van der Waals surface area (Å²) >= 11 is 0. The van der Waals surface area contributed by atoms with Gasteiger partial charge in [-0.1, -0.05) is 23.8 Å². The molecule has 4 heteroatoms. The molecule has 0 atom stereocenters. The first-order valence-electron chi connectivity index (χ1n) is 6.87. The summed E-state index contributed by atoms with van der Waals surface area (Å²) in [4.78, 5) is 0.321. The van der Waals surface area contributed by atoms with Crippen molar-refractivity contribution in [3.63, 3.8) is 0 Å². The van der Waals surface area contributed by atoms with E-state index in [1.807, 2.05) is 32.9 Å². The van der Waals surface area contributed by atoms with Crippen LogP contribution >= 0.6 is 0 Å². The first kappa shape index (κ1) is 15.6. The molecule has 0 unspecified atom stereocenters. The van der Waals surface area contributed by atoms with Crippen molar-refractivity contribution < 1.29 is 8.42 Å². The van der Waals surface area contributed by atoms with Gasteiger partial charge < -0.3 is 5.73 Å². The maximum atomic E-state index is 12.7. The Bertz CT molecular complexity index is 769. The van der Waals surface area contributed by atoms with E-state index in [0.717, 1.165) is 22.3 Å². The highest BCUT2D eigenvalue weighted by atomic mass is 32.2. The first-order valence-corrected chi connectivity index (χ1v) is 8.52. The van der Waals surface area contributed by atoms with E-state index in [2.05, 4.69) is 0 Å². The van der Waals surface area contributed by atoms with Gasteiger partial charge in [0.1, 0.15) is 0 Å². The Balaban J connectivity index is 2.50. The average molecular weight is 303 g/mol. The third-order valence-electron chi connectivity index (χ3n) is 3.84. The lowest BCUT2D eigenvalue weighted by molar-refractivity contribution is 0.594. The smallest absolute Gasteiger partial charge is 0.182 e. The number of rotatable bonds is 3. The van der Waals surface area contributed by atoms with Crippen LogP contribution in [0, 0.1) is 27.7 Å². The summed E-state index contributed by atoms with van der Waals surface area (Å²) in [6.07, 6.45) is 0. The number of anilines is 1. The predicted octanol–water partition coefficient (Wildman–Crippen LogP) is 3.48. The lowest BCUT2D eigenvalue weighted by atomic mass is 10.0. The van der Waals surface area contributed by atoms with E-state index in [1.165, 1.54) is 0 Å². The van der Waals surface area contributed by atoms with Gasteiger partial charge in [-0.2, -0.15) is 0 Å². The van der Waals surface area contributed by atoms with Gasteiger partial charge in [0.05, 0.1) is 10.6 Å². The van der Waals surface area contributed by atoms with Crippen LogP contribution in [0.4, 0.5) is 5.69 Å². The highest BCUT2D eigenvalue weighted by molar-refractivity contribution is 7.90. The quantitative estimate of drug-likeness (QED) is 0.883. The fourth-order valence-corrected chi connectivity index (χ4v) is 4.53. The molecule has 0 bridgehead atoms. The van der Waals surface area contributed by atoms with E-state index in [0.29, 0.717) is 16.1 Å². The zero-order chi connectivity index (χ0) is 15.8. The molecular formula is C17H21NO2S. The van der Waals surface area contributed by atoms with Gasteiger partial charge in [0.2, 0.25) is 0 Å². The molecular weight excluding hydrogens is 282 g/mol. The number of nitrogens with two attached hydrogens (primary N) is 1. The van der Waals surface area contributed by atoms with Crippen LogP contribution in [0.3, 0.4) is 0 Å². The standard InChI is InChI=1S/C17H21NO2S/c1-11-8-12(2)15(13(3)9-11)10-21(19,20)17-7-5-6-16(18)14(17)4/h5-9H,10,18H2,1-4H3. The molecule has 0 aliphatic heterocycles. The monoisotopic (exact) mass is 303 g/mol. The summed E-state index contributed by atoms with van der Waals surface area (Å²) in [6, 6.07) is 9.06. The first-order chi connectivity index (χ1) is 9.72. The van der Waals surface area contributed by atoms with E-state index in [-0.39, 0.29) is 5.75 Å². The van der Waals surface area contributed by atoms with Crippen molar-refractivity contribution in [1.82, 2.24) is 0 Å². The van der Waals surface area contributed by atoms with E-state index in [1.54, 1.807) is 25.1 Å². The topological polar surface area (TPSA) is 60.2 Å². The molecule has 0 amide bonds. The summed E-state index contributed by atoms with van der Waals surface area (Å²) in [6.45, 7) is 7.67. The molecule has 2 aromatic carbocycles. The second kappa shape index (κ2) is 5.53. The van der Waals surface area contributed by atoms with Crippen molar-refractivity contribution >= 4 is 15.5 Å². The minimum Gasteiger partial charge on any atom is -0.398 e. The molecule has 0 radical (unpaired) electrons. The summed E-state index contributed by atoms with van der Waals surface area (Å²) in [5.74, 6) is 0.00917. The van der Waals surface area contributed by atoms with Crippen LogP contribution in [0.15, 0.2) is 35.2 Å². The van der Waals surface area contributed by atoms with Crippen LogP contribution < -0.4 is 5.73 Å². The molecule has 0 aromatic heterocycles. The normalized spacial score (nSPS) is 11.6.